The summed E-state index contributed by atoms with van der Waals surface area (Å²) in [5, 5.41) is 4.88. The molecule has 0 atom stereocenters. The van der Waals surface area contributed by atoms with Crippen LogP contribution < -0.4 is 0 Å². The molecule has 0 N–H and O–H groups in total. The lowest BCUT2D eigenvalue weighted by atomic mass is 10.1. The van der Waals surface area contributed by atoms with Crippen LogP contribution in [-0.2, 0) is 21.4 Å². The second-order valence-corrected chi connectivity index (χ2v) is 14.4. The molecule has 1 amide bonds. The fourth-order valence-corrected chi connectivity index (χ4v) is 8.13. The number of rotatable bonds is 7. The number of para-hydroxylation sites is 1. The highest BCUT2D eigenvalue weighted by atomic mass is 32.2. The molecule has 2 saturated heterocycles. The summed E-state index contributed by atoms with van der Waals surface area (Å²) in [7, 11) is -3.65. The van der Waals surface area contributed by atoms with Gasteiger partial charge in [0.05, 0.1) is 22.0 Å². The van der Waals surface area contributed by atoms with Crippen LogP contribution in [0.3, 0.4) is 0 Å². The van der Waals surface area contributed by atoms with Crippen LogP contribution in [0.4, 0.5) is 0 Å². The van der Waals surface area contributed by atoms with Crippen molar-refractivity contribution in [3.63, 3.8) is 0 Å². The van der Waals surface area contributed by atoms with Crippen LogP contribution in [0, 0.1) is 6.92 Å². The summed E-state index contributed by atoms with van der Waals surface area (Å²) in [6.07, 6.45) is 7.51. The zero-order chi connectivity index (χ0) is 30.0. The van der Waals surface area contributed by atoms with Crippen molar-refractivity contribution in [2.45, 2.75) is 44.0 Å². The summed E-state index contributed by atoms with van der Waals surface area (Å²) in [5.74, 6) is -0.161. The number of amides is 1. The number of carbonyl (C=O) groups excluding carboxylic acids is 1. The van der Waals surface area contributed by atoms with Crippen LogP contribution in [0.2, 0.25) is 0 Å². The van der Waals surface area contributed by atoms with Crippen LogP contribution in [0.25, 0.3) is 23.0 Å². The zero-order valence-electron chi connectivity index (χ0n) is 23.8. The Balaban J connectivity index is 1.37. The largest absolute Gasteiger partial charge is 0.288 e. The zero-order valence-corrected chi connectivity index (χ0v) is 26.3. The molecule has 3 heterocycles. The Kier molecular flexibility index (Phi) is 8.63. The van der Waals surface area contributed by atoms with Crippen molar-refractivity contribution in [3.8, 4) is 16.9 Å². The van der Waals surface area contributed by atoms with Gasteiger partial charge in [0.25, 0.3) is 5.91 Å². The highest BCUT2D eigenvalue weighted by molar-refractivity contribution is 8.26. The van der Waals surface area contributed by atoms with E-state index in [4.69, 9.17) is 17.3 Å². The van der Waals surface area contributed by atoms with Gasteiger partial charge in [-0.25, -0.2) is 13.1 Å². The number of hydrogen-bond acceptors (Lipinski definition) is 6. The van der Waals surface area contributed by atoms with Crippen molar-refractivity contribution in [1.82, 2.24) is 19.0 Å². The fraction of sp³-hybridized carbons (Fsp3) is 0.242. The van der Waals surface area contributed by atoms with Gasteiger partial charge in [-0.15, -0.1) is 0 Å². The Bertz CT molecular complexity index is 1790. The molecule has 0 spiro atoms. The summed E-state index contributed by atoms with van der Waals surface area (Å²) >= 11 is 6.87. The highest BCUT2D eigenvalue weighted by Crippen LogP contribution is 2.36. The van der Waals surface area contributed by atoms with Crippen molar-refractivity contribution in [1.29, 1.82) is 0 Å². The predicted molar refractivity (Wildman–Crippen MR) is 176 cm³/mol. The van der Waals surface area contributed by atoms with E-state index in [1.807, 2.05) is 79.9 Å². The van der Waals surface area contributed by atoms with Crippen molar-refractivity contribution in [2.75, 3.05) is 13.1 Å². The molecule has 0 radical (unpaired) electrons. The van der Waals surface area contributed by atoms with E-state index in [0.717, 1.165) is 42.5 Å². The molecule has 6 rings (SSSR count). The third kappa shape index (κ3) is 6.38. The molecule has 1 aromatic heterocycles. The van der Waals surface area contributed by atoms with Gasteiger partial charge >= 0.3 is 0 Å². The van der Waals surface area contributed by atoms with Crippen molar-refractivity contribution in [2.24, 2.45) is 0 Å². The van der Waals surface area contributed by atoms with E-state index >= 15 is 0 Å². The average Bonchev–Trinajstić information content (AvgIpc) is 3.40. The Morgan fingerprint density at radius 3 is 2.37 bits per heavy atom. The lowest BCUT2D eigenvalue weighted by Crippen LogP contribution is -2.31. The average molecular weight is 629 g/mol. The maximum Gasteiger partial charge on any atom is 0.266 e. The van der Waals surface area contributed by atoms with E-state index in [2.05, 4.69) is 0 Å². The SMILES string of the molecule is Cc1ccc(CN2C(=O)/C(=C/c3cn(-c4ccccc4)nc3-c3cccc(S(=O)(=O)N4CCCCCC4)c3)SC2=S)cc1. The topological polar surface area (TPSA) is 75.5 Å². The van der Waals surface area contributed by atoms with Gasteiger partial charge in [0.2, 0.25) is 10.0 Å². The van der Waals surface area contributed by atoms with E-state index in [1.165, 1.54) is 11.8 Å². The van der Waals surface area contributed by atoms with E-state index < -0.39 is 10.0 Å². The molecule has 43 heavy (non-hydrogen) atoms. The molecule has 2 fully saturated rings. The third-order valence-electron chi connectivity index (χ3n) is 7.70. The first-order chi connectivity index (χ1) is 20.8. The fourth-order valence-electron chi connectivity index (χ4n) is 5.32. The van der Waals surface area contributed by atoms with Crippen LogP contribution in [0.5, 0.6) is 0 Å². The van der Waals surface area contributed by atoms with Gasteiger partial charge in [0.15, 0.2) is 0 Å². The molecule has 10 heteroatoms. The number of aryl methyl sites for hydroxylation is 1. The molecular weight excluding hydrogens is 597 g/mol. The molecule has 2 aliphatic rings. The number of hydrogen-bond donors (Lipinski definition) is 0. The molecule has 0 saturated carbocycles. The lowest BCUT2D eigenvalue weighted by Gasteiger charge is -2.20. The van der Waals surface area contributed by atoms with E-state index in [-0.39, 0.29) is 10.8 Å². The Morgan fingerprint density at radius 2 is 1.65 bits per heavy atom. The van der Waals surface area contributed by atoms with Gasteiger partial charge in [0.1, 0.15) is 10.0 Å². The Hall–Kier alpha value is -3.57. The molecule has 0 unspecified atom stereocenters. The lowest BCUT2D eigenvalue weighted by molar-refractivity contribution is -0.122. The first-order valence-corrected chi connectivity index (χ1v) is 17.0. The summed E-state index contributed by atoms with van der Waals surface area (Å²) in [6, 6.07) is 24.7. The molecule has 2 aliphatic heterocycles. The van der Waals surface area contributed by atoms with Crippen molar-refractivity contribution >= 4 is 50.3 Å². The minimum absolute atomic E-state index is 0.161. The normalized spacial score (nSPS) is 17.5. The first-order valence-electron chi connectivity index (χ1n) is 14.4. The Morgan fingerprint density at radius 1 is 0.930 bits per heavy atom. The molecule has 0 aliphatic carbocycles. The van der Waals surface area contributed by atoms with Gasteiger partial charge in [-0.3, -0.25) is 9.69 Å². The number of carbonyl (C=O) groups is 1. The number of thiocarbonyl (C=S) groups is 1. The molecule has 7 nitrogen and oxygen atoms in total. The van der Waals surface area contributed by atoms with Gasteiger partial charge in [-0.05, 0) is 55.7 Å². The smallest absolute Gasteiger partial charge is 0.266 e. The van der Waals surface area contributed by atoms with E-state index in [0.29, 0.717) is 45.7 Å². The van der Waals surface area contributed by atoms with Gasteiger partial charge < -0.3 is 0 Å². The van der Waals surface area contributed by atoms with Gasteiger partial charge in [-0.1, -0.05) is 97.0 Å². The summed E-state index contributed by atoms with van der Waals surface area (Å²) in [4.78, 5) is 15.9. The minimum Gasteiger partial charge on any atom is -0.288 e. The molecule has 3 aromatic carbocycles. The van der Waals surface area contributed by atoms with Crippen LogP contribution in [-0.4, -0.2) is 50.7 Å². The number of aromatic nitrogens is 2. The van der Waals surface area contributed by atoms with Crippen LogP contribution in [0.15, 0.2) is 94.9 Å². The standard InChI is InChI=1S/C33H32N4O3S3/c1-24-14-16-25(17-15-24)22-36-32(38)30(42-33(36)41)21-27-23-37(28-11-5-4-6-12-28)34-31(27)26-10-9-13-29(20-26)43(39,40)35-18-7-2-3-8-19-35/h4-6,9-17,20-21,23H,2-3,7-8,18-19,22H2,1H3/b30-21-. The van der Waals surface area contributed by atoms with E-state index in [9.17, 15) is 13.2 Å². The van der Waals surface area contributed by atoms with Crippen LogP contribution >= 0.6 is 24.0 Å². The van der Waals surface area contributed by atoms with Gasteiger partial charge in [0, 0.05) is 30.4 Å². The monoisotopic (exact) mass is 628 g/mol. The maximum atomic E-state index is 13.6. The third-order valence-corrected chi connectivity index (χ3v) is 11.0. The number of sulfonamides is 1. The number of thioether (sulfide) groups is 1. The second kappa shape index (κ2) is 12.6. The predicted octanol–water partition coefficient (Wildman–Crippen LogP) is 6.81. The summed E-state index contributed by atoms with van der Waals surface area (Å²) < 4.78 is 31.1. The van der Waals surface area contributed by atoms with Crippen molar-refractivity contribution < 1.29 is 13.2 Å². The molecule has 0 bridgehead atoms. The second-order valence-electron chi connectivity index (χ2n) is 10.8. The minimum atomic E-state index is -3.65. The highest BCUT2D eigenvalue weighted by Gasteiger charge is 2.33. The summed E-state index contributed by atoms with van der Waals surface area (Å²) in [6.45, 7) is 3.49. The number of benzene rings is 3. The van der Waals surface area contributed by atoms with Crippen LogP contribution in [0.1, 0.15) is 42.4 Å². The molecule has 4 aromatic rings. The Labute approximate surface area is 262 Å². The van der Waals surface area contributed by atoms with E-state index in [1.54, 1.807) is 32.1 Å². The molecule has 220 valence electrons. The molecular formula is C33H32N4O3S3. The van der Waals surface area contributed by atoms with Crippen molar-refractivity contribution in [3.05, 3.63) is 107 Å². The quantitative estimate of drug-likeness (QED) is 0.165. The number of nitrogens with zero attached hydrogens (tertiary/aromatic N) is 4. The maximum absolute atomic E-state index is 13.6. The van der Waals surface area contributed by atoms with Gasteiger partial charge in [-0.2, -0.15) is 9.40 Å². The summed E-state index contributed by atoms with van der Waals surface area (Å²) in [5.41, 5.74) is 4.95. The first kappa shape index (κ1) is 29.5.